The maximum atomic E-state index is 15.3. The normalized spacial score (nSPS) is 17.8. The highest BCUT2D eigenvalue weighted by molar-refractivity contribution is 8.01. The minimum Gasteiger partial charge on any atom is -0.543 e. The van der Waals surface area contributed by atoms with Crippen molar-refractivity contribution in [1.29, 1.82) is 0 Å². The van der Waals surface area contributed by atoms with E-state index in [1.807, 2.05) is 24.7 Å². The Kier molecular flexibility index (Phi) is 9.31. The number of anilines is 1. The Hall–Kier alpha value is -5.01. The van der Waals surface area contributed by atoms with E-state index in [-0.39, 0.29) is 28.0 Å². The number of nitrogen functional groups attached to an aromatic ring is 1. The van der Waals surface area contributed by atoms with E-state index in [0.29, 0.717) is 27.2 Å². The van der Waals surface area contributed by atoms with Crippen molar-refractivity contribution in [2.45, 2.75) is 42.7 Å². The number of pyridine rings is 1. The van der Waals surface area contributed by atoms with Crippen LogP contribution in [0.25, 0.3) is 22.3 Å². The van der Waals surface area contributed by atoms with Crippen molar-refractivity contribution in [1.82, 2.24) is 25.2 Å². The molecule has 6 rings (SSSR count). The lowest BCUT2D eigenvalue weighted by Gasteiger charge is -2.50. The van der Waals surface area contributed by atoms with E-state index in [1.54, 1.807) is 18.3 Å². The van der Waals surface area contributed by atoms with Gasteiger partial charge in [0.2, 0.25) is 11.1 Å². The molecule has 1 fully saturated rings. The molecule has 2 atom stereocenters. The Morgan fingerprint density at radius 2 is 2.12 bits per heavy atom. The number of amides is 2. The monoisotopic (exact) mass is 740 g/mol. The van der Waals surface area contributed by atoms with Crippen molar-refractivity contribution >= 4 is 80.4 Å². The number of β-lactam (4-membered cyclic amide) rings is 1. The minimum absolute atomic E-state index is 0.00468. The number of carbonyl (C=O) groups is 4. The second-order valence-electron chi connectivity index (χ2n) is 11.9. The van der Waals surface area contributed by atoms with Crippen molar-refractivity contribution in [3.63, 3.8) is 0 Å². The second-order valence-corrected chi connectivity index (χ2v) is 14.9. The number of carboxylic acid groups (broad SMARTS) is 2. The number of thiazole rings is 1. The largest absolute Gasteiger partial charge is 0.543 e. The number of imidazole rings is 1. The predicted molar refractivity (Wildman–Crippen MR) is 181 cm³/mol. The average molecular weight is 741 g/mol. The van der Waals surface area contributed by atoms with Gasteiger partial charge in [-0.25, -0.2) is 23.7 Å². The van der Waals surface area contributed by atoms with Crippen molar-refractivity contribution < 1.29 is 43.2 Å². The number of nitrogens with two attached hydrogens (primary N) is 1. The highest BCUT2D eigenvalue weighted by Gasteiger charge is 2.53. The van der Waals surface area contributed by atoms with E-state index in [0.717, 1.165) is 27.4 Å². The summed E-state index contributed by atoms with van der Waals surface area (Å²) in [6.45, 7) is 4.29. The molecule has 3 aromatic heterocycles. The second kappa shape index (κ2) is 13.4. The lowest BCUT2D eigenvalue weighted by atomic mass is 10.0. The molecular formula is C31H29FN8O7S3. The number of fused-ring (bicyclic) bond motifs is 2. The smallest absolute Gasteiger partial charge is 0.350 e. The van der Waals surface area contributed by atoms with Crippen LogP contribution in [0.3, 0.4) is 0 Å². The number of carbonyl (C=O) groups excluding carboxylic acids is 3. The number of carboxylic acids is 2. The van der Waals surface area contributed by atoms with Crippen LogP contribution in [0.5, 0.6) is 0 Å². The molecule has 4 aromatic rings. The molecular weight excluding hydrogens is 712 g/mol. The van der Waals surface area contributed by atoms with Gasteiger partial charge in [0.1, 0.15) is 35.8 Å². The van der Waals surface area contributed by atoms with Gasteiger partial charge in [0.25, 0.3) is 11.8 Å². The molecule has 0 aliphatic carbocycles. The number of aryl methyl sites for hydroxylation is 2. The lowest BCUT2D eigenvalue weighted by Crippen LogP contribution is -2.71. The number of halogens is 1. The molecule has 1 saturated heterocycles. The minimum atomic E-state index is -1.79. The van der Waals surface area contributed by atoms with E-state index in [1.165, 1.54) is 48.8 Å². The zero-order chi connectivity index (χ0) is 36.1. The molecule has 15 nitrogen and oxygen atoms in total. The van der Waals surface area contributed by atoms with Crippen LogP contribution in [0.15, 0.2) is 57.3 Å². The summed E-state index contributed by atoms with van der Waals surface area (Å²) in [5.74, 6) is -4.21. The van der Waals surface area contributed by atoms with Gasteiger partial charge in [0.15, 0.2) is 17.0 Å². The Labute approximate surface area is 295 Å². The maximum absolute atomic E-state index is 15.3. The van der Waals surface area contributed by atoms with Crippen LogP contribution in [0.4, 0.5) is 9.52 Å². The summed E-state index contributed by atoms with van der Waals surface area (Å²) in [7, 11) is 1.83. The zero-order valence-corrected chi connectivity index (χ0v) is 29.3. The number of nitrogens with one attached hydrogen (secondary N) is 2. The highest BCUT2D eigenvalue weighted by atomic mass is 32.2. The molecule has 2 aliphatic heterocycles. The summed E-state index contributed by atoms with van der Waals surface area (Å²) >= 11 is 3.55. The predicted octanol–water partition coefficient (Wildman–Crippen LogP) is 1.32. The maximum Gasteiger partial charge on any atom is 0.350 e. The molecule has 1 unspecified atom stereocenters. The third kappa shape index (κ3) is 6.50. The number of hydrogen-bond donors (Lipinski definition) is 4. The molecule has 0 spiro atoms. The van der Waals surface area contributed by atoms with Gasteiger partial charge in [-0.15, -0.1) is 34.9 Å². The summed E-state index contributed by atoms with van der Waals surface area (Å²) in [4.78, 5) is 68.9. The summed E-state index contributed by atoms with van der Waals surface area (Å²) < 4.78 is 17.2. The van der Waals surface area contributed by atoms with Gasteiger partial charge < -0.3 is 35.9 Å². The average Bonchev–Trinajstić information content (AvgIpc) is 3.70. The number of oxime groups is 1. The number of hydrogen-bond acceptors (Lipinski definition) is 13. The van der Waals surface area contributed by atoms with Crippen LogP contribution in [-0.2, 0) is 31.1 Å². The van der Waals surface area contributed by atoms with Crippen molar-refractivity contribution in [3.05, 3.63) is 64.4 Å². The number of thioether (sulfide) groups is 2. The number of aromatic amines is 1. The fraction of sp³-hybridized carbons (Fsp3) is 0.290. The fourth-order valence-electron chi connectivity index (χ4n) is 5.21. The van der Waals surface area contributed by atoms with Crippen LogP contribution in [-0.4, -0.2) is 82.9 Å². The number of aromatic nitrogens is 4. The van der Waals surface area contributed by atoms with Crippen LogP contribution in [0.2, 0.25) is 0 Å². The first-order valence-corrected chi connectivity index (χ1v) is 17.7. The number of benzene rings is 1. The van der Waals surface area contributed by atoms with Gasteiger partial charge in [-0.2, -0.15) is 0 Å². The van der Waals surface area contributed by atoms with Crippen LogP contribution < -0.4 is 20.7 Å². The first-order valence-electron chi connectivity index (χ1n) is 14.8. The molecule has 2 amide bonds. The molecule has 50 heavy (non-hydrogen) atoms. The van der Waals surface area contributed by atoms with E-state index >= 15 is 4.39 Å². The van der Waals surface area contributed by atoms with E-state index in [4.69, 9.17) is 10.6 Å². The molecule has 19 heteroatoms. The third-order valence-corrected chi connectivity index (χ3v) is 11.1. The van der Waals surface area contributed by atoms with Crippen molar-refractivity contribution in [2.75, 3.05) is 17.2 Å². The first kappa shape index (κ1) is 34.8. The molecule has 1 aromatic carbocycles. The van der Waals surface area contributed by atoms with Gasteiger partial charge in [-0.05, 0) is 32.4 Å². The summed E-state index contributed by atoms with van der Waals surface area (Å²) in [6, 6.07) is 3.78. The van der Waals surface area contributed by atoms with E-state index < -0.39 is 52.3 Å². The molecule has 5 N–H and O–H groups in total. The van der Waals surface area contributed by atoms with Gasteiger partial charge in [-0.3, -0.25) is 14.5 Å². The SMILES string of the molecule is Cc1cnc(-c2cc3c(cc2F)c(SCC2=C(C(=O)[O-])N4C(=O)C(NC(=O)/C(=N\OC(C)(C)C(=O)O)c5csc(N)n5)[C@H]4SC2)cc[n+]3C)[nH]1. The molecule has 0 bridgehead atoms. The Balaban J connectivity index is 1.22. The van der Waals surface area contributed by atoms with E-state index in [2.05, 4.69) is 25.4 Å². The van der Waals surface area contributed by atoms with E-state index in [9.17, 15) is 29.4 Å². The van der Waals surface area contributed by atoms with Gasteiger partial charge in [0.05, 0.1) is 22.6 Å². The third-order valence-electron chi connectivity index (χ3n) is 7.93. The van der Waals surface area contributed by atoms with Crippen molar-refractivity contribution in [3.8, 4) is 11.4 Å². The Morgan fingerprint density at radius 1 is 1.36 bits per heavy atom. The molecule has 2 aliphatic rings. The molecule has 5 heterocycles. The number of aliphatic carboxylic acids is 2. The van der Waals surface area contributed by atoms with Crippen molar-refractivity contribution in [2.24, 2.45) is 12.2 Å². The number of rotatable bonds is 11. The quantitative estimate of drug-likeness (QED) is 0.0563. The topological polar surface area (TPSA) is 220 Å². The van der Waals surface area contributed by atoms with Gasteiger partial charge >= 0.3 is 5.97 Å². The van der Waals surface area contributed by atoms with Crippen LogP contribution in [0, 0.1) is 12.7 Å². The van der Waals surface area contributed by atoms with Crippen LogP contribution >= 0.6 is 34.9 Å². The fourth-order valence-corrected chi connectivity index (χ4v) is 8.28. The standard InChI is InChI=1S/C31H29FN8O7S3/c1-13-9-34-24(35-13)15-8-19-16(7-17(15)32)20(5-6-39(19)4)48-10-14-11-49-27-22(26(42)40(27)23(14)28(43)44)37-25(41)21(18-12-50-30(33)36-18)38-47-31(2,3)29(45)46/h5-9,12,22,27H,10-11H2,1-4H3,(H5,33,36,37,41,43,44,45,46)/b38-21-/t22?,27-/m1/s1. The Bertz CT molecular complexity index is 2150. The number of nitrogens with zero attached hydrogens (tertiary/aromatic N) is 5. The first-order chi connectivity index (χ1) is 23.7. The highest BCUT2D eigenvalue weighted by Crippen LogP contribution is 2.42. The summed E-state index contributed by atoms with van der Waals surface area (Å²) in [6.07, 6.45) is 3.43. The van der Waals surface area contributed by atoms with Gasteiger partial charge in [-0.1, -0.05) is 5.16 Å². The molecule has 260 valence electrons. The lowest BCUT2D eigenvalue weighted by molar-refractivity contribution is -0.645. The van der Waals surface area contributed by atoms with Gasteiger partial charge in [0, 0.05) is 45.8 Å². The number of H-pyrrole nitrogens is 1. The summed E-state index contributed by atoms with van der Waals surface area (Å²) in [5, 5.41) is 29.4. The Morgan fingerprint density at radius 3 is 2.76 bits per heavy atom. The molecule has 0 saturated carbocycles. The van der Waals surface area contributed by atoms with Crippen LogP contribution in [0.1, 0.15) is 25.2 Å². The zero-order valence-electron chi connectivity index (χ0n) is 26.8. The summed E-state index contributed by atoms with van der Waals surface area (Å²) in [5.41, 5.74) is 5.45. The molecule has 0 radical (unpaired) electrons.